The maximum absolute atomic E-state index is 11.9. The van der Waals surface area contributed by atoms with E-state index in [0.717, 1.165) is 15.7 Å². The summed E-state index contributed by atoms with van der Waals surface area (Å²) < 4.78 is 2.69. The van der Waals surface area contributed by atoms with Gasteiger partial charge in [-0.05, 0) is 25.1 Å². The van der Waals surface area contributed by atoms with Crippen molar-refractivity contribution in [3.05, 3.63) is 51.8 Å². The molecule has 0 saturated carbocycles. The molecule has 18 heavy (non-hydrogen) atoms. The monoisotopic (exact) mass is 307 g/mol. The number of hydrogen-bond donors (Lipinski definition) is 1. The number of nitrogens with zero attached hydrogens (tertiary/aromatic N) is 2. The molecule has 5 heteroatoms. The normalized spacial score (nSPS) is 10.4. The molecule has 1 heterocycles. The molecule has 0 atom stereocenters. The van der Waals surface area contributed by atoms with Crippen LogP contribution in [-0.2, 0) is 13.6 Å². The molecule has 0 bridgehead atoms. The Labute approximate surface area is 114 Å². The molecule has 0 unspecified atom stereocenters. The summed E-state index contributed by atoms with van der Waals surface area (Å²) in [6.07, 6.45) is 1.77. The van der Waals surface area contributed by atoms with Crippen LogP contribution in [0.1, 0.15) is 21.6 Å². The summed E-state index contributed by atoms with van der Waals surface area (Å²) in [5, 5.41) is 7.02. The molecule has 1 N–H and O–H groups in total. The standard InChI is InChI=1S/C13H14BrN3O/c1-9-11(8-16-17(9)2)7-15-13(18)10-4-3-5-12(14)6-10/h3-6,8H,7H2,1-2H3,(H,15,18). The van der Waals surface area contributed by atoms with Crippen LogP contribution in [0.3, 0.4) is 0 Å². The molecule has 2 aromatic rings. The van der Waals surface area contributed by atoms with E-state index in [1.165, 1.54) is 0 Å². The topological polar surface area (TPSA) is 46.9 Å². The van der Waals surface area contributed by atoms with E-state index in [2.05, 4.69) is 26.3 Å². The number of rotatable bonds is 3. The van der Waals surface area contributed by atoms with Crippen LogP contribution in [0.15, 0.2) is 34.9 Å². The van der Waals surface area contributed by atoms with Crippen LogP contribution in [0.25, 0.3) is 0 Å². The lowest BCUT2D eigenvalue weighted by Crippen LogP contribution is -2.23. The minimum atomic E-state index is -0.0837. The first-order valence-electron chi connectivity index (χ1n) is 5.59. The van der Waals surface area contributed by atoms with Gasteiger partial charge in [0.05, 0.1) is 6.20 Å². The van der Waals surface area contributed by atoms with E-state index in [-0.39, 0.29) is 5.91 Å². The van der Waals surface area contributed by atoms with Crippen LogP contribution >= 0.6 is 15.9 Å². The molecule has 1 aromatic heterocycles. The summed E-state index contributed by atoms with van der Waals surface area (Å²) >= 11 is 3.35. The second-order valence-electron chi connectivity index (χ2n) is 4.07. The lowest BCUT2D eigenvalue weighted by atomic mass is 10.2. The van der Waals surface area contributed by atoms with E-state index < -0.39 is 0 Å². The first-order valence-corrected chi connectivity index (χ1v) is 6.38. The van der Waals surface area contributed by atoms with Crippen molar-refractivity contribution in [1.82, 2.24) is 15.1 Å². The van der Waals surface area contributed by atoms with Crippen molar-refractivity contribution in [2.45, 2.75) is 13.5 Å². The predicted octanol–water partition coefficient (Wildman–Crippen LogP) is 2.42. The highest BCUT2D eigenvalue weighted by molar-refractivity contribution is 9.10. The van der Waals surface area contributed by atoms with E-state index in [0.29, 0.717) is 12.1 Å². The fourth-order valence-electron chi connectivity index (χ4n) is 1.62. The number of hydrogen-bond acceptors (Lipinski definition) is 2. The average molecular weight is 308 g/mol. The second-order valence-corrected chi connectivity index (χ2v) is 4.99. The van der Waals surface area contributed by atoms with E-state index in [1.807, 2.05) is 26.1 Å². The molecule has 0 aliphatic rings. The first kappa shape index (κ1) is 12.8. The van der Waals surface area contributed by atoms with Gasteiger partial charge in [0.2, 0.25) is 0 Å². The number of halogens is 1. The Hall–Kier alpha value is -1.62. The molecule has 0 saturated heterocycles. The minimum absolute atomic E-state index is 0.0837. The highest BCUT2D eigenvalue weighted by Crippen LogP contribution is 2.12. The Bertz CT molecular complexity index is 577. The third-order valence-electron chi connectivity index (χ3n) is 2.86. The van der Waals surface area contributed by atoms with Gasteiger partial charge in [-0.2, -0.15) is 5.10 Å². The minimum Gasteiger partial charge on any atom is -0.348 e. The molecule has 4 nitrogen and oxygen atoms in total. The Morgan fingerprint density at radius 2 is 2.28 bits per heavy atom. The van der Waals surface area contributed by atoms with Crippen molar-refractivity contribution in [2.75, 3.05) is 0 Å². The summed E-state index contributed by atoms with van der Waals surface area (Å²) in [5.41, 5.74) is 2.73. The van der Waals surface area contributed by atoms with Gasteiger partial charge in [0.1, 0.15) is 0 Å². The van der Waals surface area contributed by atoms with Crippen molar-refractivity contribution >= 4 is 21.8 Å². The van der Waals surface area contributed by atoms with Crippen molar-refractivity contribution < 1.29 is 4.79 Å². The van der Waals surface area contributed by atoms with Crippen LogP contribution in [0.2, 0.25) is 0 Å². The zero-order valence-corrected chi connectivity index (χ0v) is 11.9. The van der Waals surface area contributed by atoms with Gasteiger partial charge in [0.15, 0.2) is 0 Å². The number of nitrogens with one attached hydrogen (secondary N) is 1. The molecule has 2 rings (SSSR count). The van der Waals surface area contributed by atoms with Gasteiger partial charge in [0.25, 0.3) is 5.91 Å². The molecule has 0 aliphatic carbocycles. The van der Waals surface area contributed by atoms with Crippen LogP contribution < -0.4 is 5.32 Å². The maximum atomic E-state index is 11.9. The van der Waals surface area contributed by atoms with Crippen molar-refractivity contribution in [3.8, 4) is 0 Å². The highest BCUT2D eigenvalue weighted by atomic mass is 79.9. The lowest BCUT2D eigenvalue weighted by molar-refractivity contribution is 0.0951. The van der Waals surface area contributed by atoms with Crippen LogP contribution in [-0.4, -0.2) is 15.7 Å². The molecule has 0 fully saturated rings. The molecule has 0 aliphatic heterocycles. The summed E-state index contributed by atoms with van der Waals surface area (Å²) in [4.78, 5) is 11.9. The van der Waals surface area contributed by atoms with Crippen molar-refractivity contribution in [2.24, 2.45) is 7.05 Å². The molecular formula is C13H14BrN3O. The number of aryl methyl sites for hydroxylation is 1. The molecule has 1 amide bonds. The van der Waals surface area contributed by atoms with Gasteiger partial charge in [-0.25, -0.2) is 0 Å². The Kier molecular flexibility index (Phi) is 3.81. The van der Waals surface area contributed by atoms with Crippen molar-refractivity contribution in [1.29, 1.82) is 0 Å². The third-order valence-corrected chi connectivity index (χ3v) is 3.36. The second kappa shape index (κ2) is 5.35. The zero-order chi connectivity index (χ0) is 13.1. The van der Waals surface area contributed by atoms with E-state index in [9.17, 15) is 4.79 Å². The fourth-order valence-corrected chi connectivity index (χ4v) is 2.02. The number of aromatic nitrogens is 2. The smallest absolute Gasteiger partial charge is 0.251 e. The van der Waals surface area contributed by atoms with Gasteiger partial charge in [-0.1, -0.05) is 22.0 Å². The average Bonchev–Trinajstić information content (AvgIpc) is 2.67. The predicted molar refractivity (Wildman–Crippen MR) is 73.3 cm³/mol. The van der Waals surface area contributed by atoms with Gasteiger partial charge in [-0.3, -0.25) is 9.48 Å². The number of amides is 1. The van der Waals surface area contributed by atoms with Gasteiger partial charge in [0, 0.05) is 34.9 Å². The Balaban J connectivity index is 2.03. The SMILES string of the molecule is Cc1c(CNC(=O)c2cccc(Br)c2)cnn1C. The number of carbonyl (C=O) groups is 1. The van der Waals surface area contributed by atoms with Crippen LogP contribution in [0, 0.1) is 6.92 Å². The lowest BCUT2D eigenvalue weighted by Gasteiger charge is -2.05. The van der Waals surface area contributed by atoms with Gasteiger partial charge >= 0.3 is 0 Å². The summed E-state index contributed by atoms with van der Waals surface area (Å²) in [6, 6.07) is 7.32. The molecule has 0 spiro atoms. The molecule has 94 valence electrons. The van der Waals surface area contributed by atoms with E-state index in [1.54, 1.807) is 23.0 Å². The van der Waals surface area contributed by atoms with Gasteiger partial charge < -0.3 is 5.32 Å². The summed E-state index contributed by atoms with van der Waals surface area (Å²) in [5.74, 6) is -0.0837. The molecular weight excluding hydrogens is 294 g/mol. The highest BCUT2D eigenvalue weighted by Gasteiger charge is 2.08. The van der Waals surface area contributed by atoms with Crippen molar-refractivity contribution in [3.63, 3.8) is 0 Å². The fraction of sp³-hybridized carbons (Fsp3) is 0.231. The van der Waals surface area contributed by atoms with E-state index in [4.69, 9.17) is 0 Å². The number of carbonyl (C=O) groups excluding carboxylic acids is 1. The maximum Gasteiger partial charge on any atom is 0.251 e. The Morgan fingerprint density at radius 3 is 2.89 bits per heavy atom. The Morgan fingerprint density at radius 1 is 1.50 bits per heavy atom. The third kappa shape index (κ3) is 2.79. The van der Waals surface area contributed by atoms with Gasteiger partial charge in [-0.15, -0.1) is 0 Å². The quantitative estimate of drug-likeness (QED) is 0.946. The first-order chi connectivity index (χ1) is 8.58. The van der Waals surface area contributed by atoms with Crippen LogP contribution in [0.5, 0.6) is 0 Å². The summed E-state index contributed by atoms with van der Waals surface area (Å²) in [7, 11) is 1.88. The number of benzene rings is 1. The summed E-state index contributed by atoms with van der Waals surface area (Å²) in [6.45, 7) is 2.47. The van der Waals surface area contributed by atoms with Crippen LogP contribution in [0.4, 0.5) is 0 Å². The molecule has 1 aromatic carbocycles. The van der Waals surface area contributed by atoms with E-state index >= 15 is 0 Å². The zero-order valence-electron chi connectivity index (χ0n) is 10.3. The molecule has 0 radical (unpaired) electrons. The largest absolute Gasteiger partial charge is 0.348 e.